The van der Waals surface area contributed by atoms with Gasteiger partial charge in [0.1, 0.15) is 5.75 Å². The van der Waals surface area contributed by atoms with Gasteiger partial charge >= 0.3 is 0 Å². The van der Waals surface area contributed by atoms with Gasteiger partial charge in [-0.2, -0.15) is 5.26 Å². The van der Waals surface area contributed by atoms with Crippen molar-refractivity contribution in [2.45, 2.75) is 6.92 Å². The average molecular weight is 386 g/mol. The smallest absolute Gasteiger partial charge is 0.255 e. The van der Waals surface area contributed by atoms with E-state index in [9.17, 15) is 9.59 Å². The molecule has 0 bridgehead atoms. The molecule has 29 heavy (non-hydrogen) atoms. The minimum absolute atomic E-state index is 0.0496. The predicted octanol–water partition coefficient (Wildman–Crippen LogP) is 4.81. The molecule has 0 heterocycles. The first-order valence-corrected chi connectivity index (χ1v) is 8.78. The van der Waals surface area contributed by atoms with E-state index in [-0.39, 0.29) is 11.7 Å². The lowest BCUT2D eigenvalue weighted by Crippen LogP contribution is -2.11. The molecule has 0 radical (unpaired) electrons. The molecule has 0 unspecified atom stereocenters. The lowest BCUT2D eigenvalue weighted by molar-refractivity contribution is 0.101. The van der Waals surface area contributed by atoms with Gasteiger partial charge in [-0.05, 0) is 55.5 Å². The second-order valence-electron chi connectivity index (χ2n) is 6.19. The van der Waals surface area contributed by atoms with Crippen LogP contribution in [-0.2, 0) is 0 Å². The van der Waals surface area contributed by atoms with Crippen LogP contribution in [-0.4, -0.2) is 18.8 Å². The largest absolute Gasteiger partial charge is 0.493 e. The third kappa shape index (κ3) is 4.79. The topological polar surface area (TPSA) is 88.4 Å². The van der Waals surface area contributed by atoms with Crippen molar-refractivity contribution in [2.75, 3.05) is 12.4 Å². The fourth-order valence-corrected chi connectivity index (χ4v) is 2.61. The van der Waals surface area contributed by atoms with Crippen LogP contribution in [0.1, 0.15) is 33.2 Å². The first-order valence-electron chi connectivity index (χ1n) is 8.78. The number of hydrogen-bond acceptors (Lipinski definition) is 5. The molecule has 144 valence electrons. The Balaban J connectivity index is 1.68. The fourth-order valence-electron chi connectivity index (χ4n) is 2.61. The van der Waals surface area contributed by atoms with Gasteiger partial charge in [0.05, 0.1) is 18.7 Å². The molecule has 0 spiro atoms. The summed E-state index contributed by atoms with van der Waals surface area (Å²) in [7, 11) is 1.50. The number of ketones is 1. The summed E-state index contributed by atoms with van der Waals surface area (Å²) in [5.74, 6) is 1.16. The number of rotatable bonds is 6. The van der Waals surface area contributed by atoms with Gasteiger partial charge in [0, 0.05) is 22.9 Å². The van der Waals surface area contributed by atoms with Crippen LogP contribution in [0.25, 0.3) is 0 Å². The van der Waals surface area contributed by atoms with E-state index < -0.39 is 0 Å². The van der Waals surface area contributed by atoms with Gasteiger partial charge in [-0.1, -0.05) is 12.1 Å². The van der Waals surface area contributed by atoms with E-state index in [0.29, 0.717) is 39.6 Å². The number of nitrogens with one attached hydrogen (secondary N) is 1. The van der Waals surface area contributed by atoms with Gasteiger partial charge in [0.15, 0.2) is 17.3 Å². The zero-order valence-corrected chi connectivity index (χ0v) is 15.9. The molecule has 1 amide bonds. The van der Waals surface area contributed by atoms with Crippen molar-refractivity contribution < 1.29 is 19.1 Å². The zero-order chi connectivity index (χ0) is 20.8. The number of nitriles is 1. The third-order valence-electron chi connectivity index (χ3n) is 4.19. The second-order valence-corrected chi connectivity index (χ2v) is 6.19. The van der Waals surface area contributed by atoms with Crippen molar-refractivity contribution in [3.8, 4) is 23.3 Å². The Morgan fingerprint density at radius 3 is 2.14 bits per heavy atom. The van der Waals surface area contributed by atoms with Crippen molar-refractivity contribution >= 4 is 17.4 Å². The van der Waals surface area contributed by atoms with E-state index in [1.165, 1.54) is 14.0 Å². The van der Waals surface area contributed by atoms with Crippen LogP contribution < -0.4 is 14.8 Å². The Kier molecular flexibility index (Phi) is 5.91. The van der Waals surface area contributed by atoms with Gasteiger partial charge in [0.2, 0.25) is 0 Å². The number of hydrogen-bond donors (Lipinski definition) is 1. The maximum absolute atomic E-state index is 12.3. The maximum Gasteiger partial charge on any atom is 0.255 e. The maximum atomic E-state index is 12.3. The standard InChI is InChI=1S/C23H18N2O4/c1-15(26)17-4-6-18(7-5-17)23(27)25-19-8-10-20(11-9-19)29-21-12-3-16(14-24)13-22(21)28-2/h3-13H,1-2H3,(H,25,27). The van der Waals surface area contributed by atoms with Crippen molar-refractivity contribution in [2.24, 2.45) is 0 Å². The SMILES string of the molecule is COc1cc(C#N)ccc1Oc1ccc(NC(=O)c2ccc(C(C)=O)cc2)cc1. The summed E-state index contributed by atoms with van der Waals surface area (Å²) in [5, 5.41) is 11.8. The number of carbonyl (C=O) groups is 2. The molecule has 3 aromatic carbocycles. The number of Topliss-reactive ketones (excluding diaryl/α,β-unsaturated/α-hetero) is 1. The van der Waals surface area contributed by atoms with Crippen LogP contribution in [0.3, 0.4) is 0 Å². The molecule has 3 rings (SSSR count). The zero-order valence-electron chi connectivity index (χ0n) is 15.9. The Labute approximate surface area is 168 Å². The third-order valence-corrected chi connectivity index (χ3v) is 4.19. The van der Waals surface area contributed by atoms with Crippen LogP contribution in [0, 0.1) is 11.3 Å². The Hall–Kier alpha value is -4.11. The molecule has 6 nitrogen and oxygen atoms in total. The second kappa shape index (κ2) is 8.72. The first-order chi connectivity index (χ1) is 14.0. The number of ether oxygens (including phenoxy) is 2. The Morgan fingerprint density at radius 2 is 1.55 bits per heavy atom. The number of benzene rings is 3. The summed E-state index contributed by atoms with van der Waals surface area (Å²) < 4.78 is 11.1. The summed E-state index contributed by atoms with van der Waals surface area (Å²) in [6.45, 7) is 1.48. The minimum Gasteiger partial charge on any atom is -0.493 e. The lowest BCUT2D eigenvalue weighted by atomic mass is 10.1. The van der Waals surface area contributed by atoms with E-state index in [2.05, 4.69) is 5.32 Å². The van der Waals surface area contributed by atoms with Crippen molar-refractivity contribution in [3.05, 3.63) is 83.4 Å². The molecular formula is C23H18N2O4. The molecule has 0 atom stereocenters. The van der Waals surface area contributed by atoms with E-state index >= 15 is 0 Å². The van der Waals surface area contributed by atoms with Crippen LogP contribution in [0.4, 0.5) is 5.69 Å². The monoisotopic (exact) mass is 386 g/mol. The van der Waals surface area contributed by atoms with Crippen LogP contribution in [0.2, 0.25) is 0 Å². The highest BCUT2D eigenvalue weighted by molar-refractivity contribution is 6.05. The summed E-state index contributed by atoms with van der Waals surface area (Å²) in [5.41, 5.74) is 2.09. The quantitative estimate of drug-likeness (QED) is 0.614. The normalized spacial score (nSPS) is 9.97. The van der Waals surface area contributed by atoms with Crippen LogP contribution in [0.15, 0.2) is 66.7 Å². The Morgan fingerprint density at radius 1 is 0.897 bits per heavy atom. The van der Waals surface area contributed by atoms with Crippen molar-refractivity contribution in [1.29, 1.82) is 5.26 Å². The summed E-state index contributed by atoms with van der Waals surface area (Å²) in [6, 6.07) is 20.3. The number of methoxy groups -OCH3 is 1. The lowest BCUT2D eigenvalue weighted by Gasteiger charge is -2.11. The highest BCUT2D eigenvalue weighted by Crippen LogP contribution is 2.32. The van der Waals surface area contributed by atoms with Crippen molar-refractivity contribution in [1.82, 2.24) is 0 Å². The molecule has 1 N–H and O–H groups in total. The molecule has 0 aliphatic heterocycles. The van der Waals surface area contributed by atoms with Gasteiger partial charge in [0.25, 0.3) is 5.91 Å². The summed E-state index contributed by atoms with van der Waals surface area (Å²) >= 11 is 0. The van der Waals surface area contributed by atoms with Gasteiger partial charge in [-0.3, -0.25) is 9.59 Å². The minimum atomic E-state index is -0.275. The number of amides is 1. The molecule has 0 aromatic heterocycles. The molecule has 0 aliphatic carbocycles. The van der Waals surface area contributed by atoms with Gasteiger partial charge in [-0.25, -0.2) is 0 Å². The van der Waals surface area contributed by atoms with E-state index in [4.69, 9.17) is 14.7 Å². The van der Waals surface area contributed by atoms with Crippen LogP contribution >= 0.6 is 0 Å². The molecule has 0 saturated heterocycles. The number of carbonyl (C=O) groups excluding carboxylic acids is 2. The fraction of sp³-hybridized carbons (Fsp3) is 0.0870. The summed E-state index contributed by atoms with van der Waals surface area (Å²) in [6.07, 6.45) is 0. The first kappa shape index (κ1) is 19.6. The molecule has 3 aromatic rings. The highest BCUT2D eigenvalue weighted by atomic mass is 16.5. The summed E-state index contributed by atoms with van der Waals surface area (Å²) in [4.78, 5) is 23.7. The highest BCUT2D eigenvalue weighted by Gasteiger charge is 2.09. The number of anilines is 1. The van der Waals surface area contributed by atoms with E-state index in [1.54, 1.807) is 66.7 Å². The average Bonchev–Trinajstić information content (AvgIpc) is 2.75. The van der Waals surface area contributed by atoms with Crippen molar-refractivity contribution in [3.63, 3.8) is 0 Å². The molecule has 6 heteroatoms. The molecule has 0 saturated carbocycles. The van der Waals surface area contributed by atoms with Gasteiger partial charge < -0.3 is 14.8 Å². The Bertz CT molecular complexity index is 1080. The van der Waals surface area contributed by atoms with Crippen LogP contribution in [0.5, 0.6) is 17.2 Å². The predicted molar refractivity (Wildman–Crippen MR) is 109 cm³/mol. The van der Waals surface area contributed by atoms with E-state index in [1.807, 2.05) is 6.07 Å². The molecular weight excluding hydrogens is 368 g/mol. The van der Waals surface area contributed by atoms with E-state index in [0.717, 1.165) is 0 Å². The van der Waals surface area contributed by atoms with Gasteiger partial charge in [-0.15, -0.1) is 0 Å². The molecule has 0 fully saturated rings. The molecule has 0 aliphatic rings. The number of nitrogens with zero attached hydrogens (tertiary/aromatic N) is 1.